The monoisotopic (exact) mass is 444 g/mol. The Morgan fingerprint density at radius 1 is 0.935 bits per heavy atom. The van der Waals surface area contributed by atoms with Gasteiger partial charge in [0, 0.05) is 10.5 Å². The molecule has 0 aliphatic carbocycles. The van der Waals surface area contributed by atoms with Crippen LogP contribution in [-0.4, -0.2) is 25.8 Å². The molecule has 2 heterocycles. The van der Waals surface area contributed by atoms with E-state index in [2.05, 4.69) is 15.0 Å². The summed E-state index contributed by atoms with van der Waals surface area (Å²) in [5.41, 5.74) is 10.8. The highest BCUT2D eigenvalue weighted by Gasteiger charge is 2.30. The van der Waals surface area contributed by atoms with Crippen LogP contribution in [-0.2, 0) is 6.18 Å². The van der Waals surface area contributed by atoms with Crippen molar-refractivity contribution in [3.8, 4) is 17.1 Å². The molecule has 7 nitrogen and oxygen atoms in total. The van der Waals surface area contributed by atoms with Crippen LogP contribution in [0.15, 0.2) is 58.2 Å². The summed E-state index contributed by atoms with van der Waals surface area (Å²) in [4.78, 5) is 26.6. The van der Waals surface area contributed by atoms with E-state index in [1.807, 2.05) is 18.4 Å². The third kappa shape index (κ3) is 3.79. The van der Waals surface area contributed by atoms with E-state index in [9.17, 15) is 18.0 Å². The highest BCUT2D eigenvalue weighted by Crippen LogP contribution is 2.31. The summed E-state index contributed by atoms with van der Waals surface area (Å²) in [6.07, 6.45) is -2.58. The Labute approximate surface area is 178 Å². The summed E-state index contributed by atoms with van der Waals surface area (Å²) in [6, 6.07) is 11.4. The van der Waals surface area contributed by atoms with E-state index in [1.54, 1.807) is 12.1 Å². The predicted molar refractivity (Wildman–Crippen MR) is 114 cm³/mol. The van der Waals surface area contributed by atoms with Crippen LogP contribution in [0, 0.1) is 0 Å². The van der Waals surface area contributed by atoms with Gasteiger partial charge in [0.15, 0.2) is 5.65 Å². The van der Waals surface area contributed by atoms with Gasteiger partial charge in [-0.3, -0.25) is 9.36 Å². The Hall–Kier alpha value is -3.60. The van der Waals surface area contributed by atoms with Crippen LogP contribution in [0.5, 0.6) is 0 Å². The number of hydrogen-bond acceptors (Lipinski definition) is 7. The van der Waals surface area contributed by atoms with Crippen LogP contribution >= 0.6 is 11.8 Å². The van der Waals surface area contributed by atoms with Gasteiger partial charge in [0.1, 0.15) is 17.0 Å². The zero-order valence-electron chi connectivity index (χ0n) is 16.0. The van der Waals surface area contributed by atoms with Gasteiger partial charge in [-0.2, -0.15) is 23.1 Å². The van der Waals surface area contributed by atoms with Crippen LogP contribution in [0.3, 0.4) is 0 Å². The molecule has 158 valence electrons. The molecule has 0 aliphatic heterocycles. The van der Waals surface area contributed by atoms with Crippen LogP contribution in [0.25, 0.3) is 28.1 Å². The average molecular weight is 444 g/mol. The van der Waals surface area contributed by atoms with Crippen LogP contribution in [0.4, 0.5) is 24.9 Å². The molecule has 0 aliphatic rings. The van der Waals surface area contributed by atoms with Gasteiger partial charge in [-0.25, -0.2) is 4.98 Å². The summed E-state index contributed by atoms with van der Waals surface area (Å²) in [5, 5.41) is -0.0708. The molecule has 0 saturated heterocycles. The van der Waals surface area contributed by atoms with Gasteiger partial charge >= 0.3 is 6.18 Å². The molecule has 0 atom stereocenters. The number of nitrogen functional groups attached to an aromatic ring is 2. The van der Waals surface area contributed by atoms with E-state index in [4.69, 9.17) is 11.5 Å². The van der Waals surface area contributed by atoms with E-state index in [1.165, 1.54) is 28.5 Å². The molecule has 0 radical (unpaired) electrons. The molecular weight excluding hydrogens is 429 g/mol. The molecule has 4 aromatic rings. The van der Waals surface area contributed by atoms with Crippen molar-refractivity contribution in [2.24, 2.45) is 0 Å². The molecular formula is C20H15F3N6OS. The fourth-order valence-electron chi connectivity index (χ4n) is 3.10. The molecule has 4 N–H and O–H groups in total. The topological polar surface area (TPSA) is 113 Å². The molecule has 0 amide bonds. The molecule has 11 heteroatoms. The van der Waals surface area contributed by atoms with Crippen molar-refractivity contribution in [2.75, 3.05) is 17.7 Å². The Kier molecular flexibility index (Phi) is 5.05. The van der Waals surface area contributed by atoms with Gasteiger partial charge in [-0.1, -0.05) is 12.1 Å². The molecule has 31 heavy (non-hydrogen) atoms. The molecule has 2 aromatic carbocycles. The van der Waals surface area contributed by atoms with Crippen molar-refractivity contribution in [1.82, 2.24) is 19.5 Å². The summed E-state index contributed by atoms with van der Waals surface area (Å²) >= 11 is 1.54. The fraction of sp³-hybridized carbons (Fsp3) is 0.100. The van der Waals surface area contributed by atoms with Crippen molar-refractivity contribution in [1.29, 1.82) is 0 Å². The zero-order valence-corrected chi connectivity index (χ0v) is 16.8. The summed E-state index contributed by atoms with van der Waals surface area (Å²) in [6.45, 7) is 0. The number of thioether (sulfide) groups is 1. The summed E-state index contributed by atoms with van der Waals surface area (Å²) in [7, 11) is 0. The Bertz CT molecular complexity index is 1340. The highest BCUT2D eigenvalue weighted by atomic mass is 32.2. The Balaban J connectivity index is 2.03. The SMILES string of the molecule is CSc1ccc(-c2nc3nc(N)nc(N)c3c(=O)n2-c2ccc(C(F)(F)F)cc2)cc1. The molecule has 0 saturated carbocycles. The van der Waals surface area contributed by atoms with Crippen LogP contribution in [0.1, 0.15) is 5.56 Å². The maximum atomic E-state index is 13.4. The minimum absolute atomic E-state index is 0.00195. The number of fused-ring (bicyclic) bond motifs is 1. The van der Waals surface area contributed by atoms with Crippen molar-refractivity contribution in [3.05, 3.63) is 64.4 Å². The third-order valence-electron chi connectivity index (χ3n) is 4.58. The van der Waals surface area contributed by atoms with E-state index in [0.29, 0.717) is 5.56 Å². The van der Waals surface area contributed by atoms with Crippen molar-refractivity contribution >= 4 is 34.6 Å². The Morgan fingerprint density at radius 3 is 2.16 bits per heavy atom. The number of aromatic nitrogens is 4. The predicted octanol–water partition coefficient (Wildman–Crippen LogP) is 3.75. The number of anilines is 2. The van der Waals surface area contributed by atoms with Crippen molar-refractivity contribution in [3.63, 3.8) is 0 Å². The summed E-state index contributed by atoms with van der Waals surface area (Å²) in [5.74, 6) is -0.125. The smallest absolute Gasteiger partial charge is 0.383 e. The average Bonchev–Trinajstić information content (AvgIpc) is 2.72. The lowest BCUT2D eigenvalue weighted by atomic mass is 10.1. The minimum atomic E-state index is -4.50. The standard InChI is InChI=1S/C20H15F3N6OS/c1-31-13-8-2-10(3-9-13)17-27-16-14(15(24)26-19(25)28-16)18(30)29(17)12-6-4-11(5-7-12)20(21,22)23/h2-9H,1H3,(H4,24,25,26,28). The maximum Gasteiger partial charge on any atom is 0.416 e. The number of nitrogens with zero attached hydrogens (tertiary/aromatic N) is 4. The third-order valence-corrected chi connectivity index (χ3v) is 5.32. The van der Waals surface area contributed by atoms with E-state index in [-0.39, 0.29) is 34.3 Å². The first-order valence-electron chi connectivity index (χ1n) is 8.87. The maximum absolute atomic E-state index is 13.4. The Morgan fingerprint density at radius 2 is 1.58 bits per heavy atom. The number of hydrogen-bond donors (Lipinski definition) is 2. The number of nitrogens with two attached hydrogens (primary N) is 2. The number of benzene rings is 2. The quantitative estimate of drug-likeness (QED) is 0.463. The number of alkyl halides is 3. The largest absolute Gasteiger partial charge is 0.416 e. The number of halogens is 3. The molecule has 0 fully saturated rings. The molecule has 0 bridgehead atoms. The van der Waals surface area contributed by atoms with Gasteiger partial charge in [-0.05, 0) is 42.7 Å². The summed E-state index contributed by atoms with van der Waals surface area (Å²) < 4.78 is 40.2. The van der Waals surface area contributed by atoms with Crippen molar-refractivity contribution < 1.29 is 13.2 Å². The number of rotatable bonds is 3. The molecule has 0 spiro atoms. The van der Waals surface area contributed by atoms with E-state index in [0.717, 1.165) is 17.0 Å². The lowest BCUT2D eigenvalue weighted by Crippen LogP contribution is -2.24. The minimum Gasteiger partial charge on any atom is -0.383 e. The van der Waals surface area contributed by atoms with Crippen LogP contribution < -0.4 is 17.0 Å². The van der Waals surface area contributed by atoms with Gasteiger partial charge in [0.2, 0.25) is 5.95 Å². The fourth-order valence-corrected chi connectivity index (χ4v) is 3.51. The van der Waals surface area contributed by atoms with E-state index >= 15 is 0 Å². The second-order valence-corrected chi connectivity index (χ2v) is 7.39. The normalized spacial score (nSPS) is 11.7. The molecule has 2 aromatic heterocycles. The van der Waals surface area contributed by atoms with Gasteiger partial charge < -0.3 is 11.5 Å². The van der Waals surface area contributed by atoms with Crippen molar-refractivity contribution in [2.45, 2.75) is 11.1 Å². The second-order valence-electron chi connectivity index (χ2n) is 6.51. The first-order chi connectivity index (χ1) is 14.7. The van der Waals surface area contributed by atoms with Gasteiger partial charge in [0.05, 0.1) is 11.3 Å². The molecule has 0 unspecified atom stereocenters. The van der Waals surface area contributed by atoms with Crippen LogP contribution in [0.2, 0.25) is 0 Å². The van der Waals surface area contributed by atoms with E-state index < -0.39 is 17.3 Å². The first-order valence-corrected chi connectivity index (χ1v) is 10.1. The lowest BCUT2D eigenvalue weighted by Gasteiger charge is -2.15. The first kappa shape index (κ1) is 20.7. The van der Waals surface area contributed by atoms with Gasteiger partial charge in [-0.15, -0.1) is 11.8 Å². The zero-order chi connectivity index (χ0) is 22.3. The molecule has 4 rings (SSSR count). The lowest BCUT2D eigenvalue weighted by molar-refractivity contribution is -0.137. The highest BCUT2D eigenvalue weighted by molar-refractivity contribution is 7.98. The second kappa shape index (κ2) is 7.58. The van der Waals surface area contributed by atoms with Gasteiger partial charge in [0.25, 0.3) is 5.56 Å².